The molecule has 2 aliphatic rings. The third-order valence-electron chi connectivity index (χ3n) is 7.10. The summed E-state index contributed by atoms with van der Waals surface area (Å²) < 4.78 is 16.7. The number of fused-ring (bicyclic) bond motifs is 1. The van der Waals surface area contributed by atoms with Crippen LogP contribution in [0.2, 0.25) is 0 Å². The van der Waals surface area contributed by atoms with E-state index in [1.807, 2.05) is 53.4 Å². The summed E-state index contributed by atoms with van der Waals surface area (Å²) in [5.74, 6) is 1.48. The van der Waals surface area contributed by atoms with Crippen molar-refractivity contribution in [2.75, 3.05) is 27.9 Å². The molecule has 0 aromatic heterocycles. The van der Waals surface area contributed by atoms with Gasteiger partial charge in [-0.15, -0.1) is 0 Å². The van der Waals surface area contributed by atoms with Crippen molar-refractivity contribution < 1.29 is 24.1 Å². The first-order chi connectivity index (χ1) is 16.0. The number of likely N-dealkylation sites (tertiary alicyclic amines) is 1. The molecule has 2 aromatic rings. The van der Waals surface area contributed by atoms with Gasteiger partial charge in [0.1, 0.15) is 0 Å². The highest BCUT2D eigenvalue weighted by molar-refractivity contribution is 5.92. The number of carbonyl (C=O) groups is 1. The lowest BCUT2D eigenvalue weighted by Crippen LogP contribution is -2.56. The Labute approximate surface area is 195 Å². The number of nitrogens with zero attached hydrogens (tertiary/aromatic N) is 1. The van der Waals surface area contributed by atoms with Crippen molar-refractivity contribution in [2.45, 2.75) is 43.7 Å². The first kappa shape index (κ1) is 23.2. The van der Waals surface area contributed by atoms with E-state index in [9.17, 15) is 9.90 Å². The lowest BCUT2D eigenvalue weighted by atomic mass is 9.66. The van der Waals surface area contributed by atoms with Gasteiger partial charge in [0.05, 0.1) is 33.0 Å². The van der Waals surface area contributed by atoms with Gasteiger partial charge in [0.2, 0.25) is 11.7 Å². The maximum Gasteiger partial charge on any atom is 0.247 e. The first-order valence-electron chi connectivity index (χ1n) is 11.6. The molecule has 1 aliphatic carbocycles. The van der Waals surface area contributed by atoms with Gasteiger partial charge in [-0.1, -0.05) is 43.2 Å². The second kappa shape index (κ2) is 9.87. The van der Waals surface area contributed by atoms with Gasteiger partial charge < -0.3 is 24.2 Å². The van der Waals surface area contributed by atoms with Crippen LogP contribution in [0.1, 0.15) is 49.3 Å². The second-order valence-electron chi connectivity index (χ2n) is 8.89. The molecule has 6 nitrogen and oxygen atoms in total. The molecule has 1 amide bonds. The highest BCUT2D eigenvalue weighted by atomic mass is 16.5. The average Bonchev–Trinajstić information content (AvgIpc) is 2.85. The Hall–Kier alpha value is -2.99. The minimum absolute atomic E-state index is 0.0584. The van der Waals surface area contributed by atoms with Crippen molar-refractivity contribution in [2.24, 2.45) is 5.92 Å². The van der Waals surface area contributed by atoms with Crippen molar-refractivity contribution in [1.29, 1.82) is 0 Å². The highest BCUT2D eigenvalue weighted by Gasteiger charge is 2.50. The Morgan fingerprint density at radius 2 is 1.73 bits per heavy atom. The fraction of sp³-hybridized carbons (Fsp3) is 0.444. The molecular formula is C27H33NO5. The van der Waals surface area contributed by atoms with E-state index in [1.165, 1.54) is 0 Å². The molecule has 1 saturated carbocycles. The number of ether oxygens (including phenoxy) is 3. The maximum absolute atomic E-state index is 13.4. The zero-order chi connectivity index (χ0) is 23.4. The molecule has 2 fully saturated rings. The van der Waals surface area contributed by atoms with Gasteiger partial charge in [-0.05, 0) is 48.6 Å². The quantitative estimate of drug-likeness (QED) is 0.649. The molecule has 1 saturated heterocycles. The Kier molecular flexibility index (Phi) is 6.94. The lowest BCUT2D eigenvalue weighted by molar-refractivity contribution is -0.151. The maximum atomic E-state index is 13.4. The summed E-state index contributed by atoms with van der Waals surface area (Å²) in [6, 6.07) is 13.3. The first-order valence-corrected chi connectivity index (χ1v) is 11.6. The number of rotatable bonds is 6. The molecule has 0 spiro atoms. The molecule has 1 heterocycles. The Bertz CT molecular complexity index is 980. The smallest absolute Gasteiger partial charge is 0.247 e. The van der Waals surface area contributed by atoms with Crippen molar-refractivity contribution in [3.05, 3.63) is 59.7 Å². The monoisotopic (exact) mass is 451 g/mol. The molecule has 33 heavy (non-hydrogen) atoms. The fourth-order valence-corrected chi connectivity index (χ4v) is 5.44. The van der Waals surface area contributed by atoms with Crippen molar-refractivity contribution in [1.82, 2.24) is 4.90 Å². The highest BCUT2D eigenvalue weighted by Crippen LogP contribution is 2.51. The topological polar surface area (TPSA) is 68.2 Å². The summed E-state index contributed by atoms with van der Waals surface area (Å²) in [5, 5.41) is 11.5. The van der Waals surface area contributed by atoms with E-state index >= 15 is 0 Å². The number of benzene rings is 2. The minimum Gasteiger partial charge on any atom is -0.493 e. The van der Waals surface area contributed by atoms with Gasteiger partial charge in [-0.3, -0.25) is 4.79 Å². The summed E-state index contributed by atoms with van der Waals surface area (Å²) in [4.78, 5) is 15.3. The number of carbonyl (C=O) groups excluding carboxylic acids is 1. The molecule has 1 N–H and O–H groups in total. The number of amides is 1. The number of hydrogen-bond acceptors (Lipinski definition) is 5. The van der Waals surface area contributed by atoms with E-state index in [1.54, 1.807) is 27.4 Å². The van der Waals surface area contributed by atoms with Crippen LogP contribution in [0.15, 0.2) is 48.5 Å². The predicted octanol–water partition coefficient (Wildman–Crippen LogP) is 4.62. The van der Waals surface area contributed by atoms with E-state index in [4.69, 9.17) is 14.2 Å². The molecule has 176 valence electrons. The van der Waals surface area contributed by atoms with Gasteiger partial charge in [0.25, 0.3) is 0 Å². The molecule has 3 unspecified atom stereocenters. The van der Waals surface area contributed by atoms with Crippen LogP contribution >= 0.6 is 0 Å². The number of aliphatic hydroxyl groups is 1. The molecule has 0 radical (unpaired) electrons. The van der Waals surface area contributed by atoms with Crippen LogP contribution in [-0.2, 0) is 4.79 Å². The number of piperidine rings is 1. The normalized spacial score (nSPS) is 24.9. The number of methoxy groups -OCH3 is 3. The second-order valence-corrected chi connectivity index (χ2v) is 8.89. The van der Waals surface area contributed by atoms with Crippen LogP contribution in [0.3, 0.4) is 0 Å². The SMILES string of the molecule is COc1cc(C2C3CCCCC3(O)CCN2C(=O)C=Cc2ccccc2)cc(OC)c1OC. The van der Waals surface area contributed by atoms with Crippen LogP contribution in [0.5, 0.6) is 17.2 Å². The fourth-order valence-electron chi connectivity index (χ4n) is 5.44. The minimum atomic E-state index is -0.775. The molecule has 2 aromatic carbocycles. The van der Waals surface area contributed by atoms with E-state index in [2.05, 4.69) is 0 Å². The Balaban J connectivity index is 1.75. The molecule has 4 rings (SSSR count). The van der Waals surface area contributed by atoms with E-state index in [-0.39, 0.29) is 17.9 Å². The van der Waals surface area contributed by atoms with Crippen LogP contribution in [0, 0.1) is 5.92 Å². The zero-order valence-electron chi connectivity index (χ0n) is 19.6. The standard InChI is InChI=1S/C27H33NO5/c1-31-22-17-20(18-23(32-2)26(22)33-3)25-21-11-7-8-14-27(21,30)15-16-28(25)24(29)13-12-19-9-5-4-6-10-19/h4-6,9-10,12-13,17-18,21,25,30H,7-8,11,14-16H2,1-3H3. The van der Waals surface area contributed by atoms with Gasteiger partial charge in [-0.25, -0.2) is 0 Å². The van der Waals surface area contributed by atoms with Crippen molar-refractivity contribution >= 4 is 12.0 Å². The molecule has 0 bridgehead atoms. The molecule has 6 heteroatoms. The molecule has 3 atom stereocenters. The van der Waals surface area contributed by atoms with Gasteiger partial charge in [0, 0.05) is 18.5 Å². The average molecular weight is 452 g/mol. The summed E-state index contributed by atoms with van der Waals surface area (Å²) in [6.45, 7) is 0.492. The van der Waals surface area contributed by atoms with Crippen LogP contribution in [-0.4, -0.2) is 49.4 Å². The van der Waals surface area contributed by atoms with Crippen molar-refractivity contribution in [3.8, 4) is 17.2 Å². The molecular weight excluding hydrogens is 418 g/mol. The predicted molar refractivity (Wildman–Crippen MR) is 128 cm³/mol. The molecule has 1 aliphatic heterocycles. The van der Waals surface area contributed by atoms with E-state index in [0.717, 1.165) is 36.8 Å². The van der Waals surface area contributed by atoms with Crippen LogP contribution in [0.25, 0.3) is 6.08 Å². The van der Waals surface area contributed by atoms with Crippen LogP contribution in [0.4, 0.5) is 0 Å². The lowest BCUT2D eigenvalue weighted by Gasteiger charge is -2.52. The summed E-state index contributed by atoms with van der Waals surface area (Å²) in [5.41, 5.74) is 1.08. The van der Waals surface area contributed by atoms with Gasteiger partial charge >= 0.3 is 0 Å². The van der Waals surface area contributed by atoms with Crippen molar-refractivity contribution in [3.63, 3.8) is 0 Å². The van der Waals surface area contributed by atoms with Crippen LogP contribution < -0.4 is 14.2 Å². The Morgan fingerprint density at radius 1 is 1.03 bits per heavy atom. The third kappa shape index (κ3) is 4.58. The Morgan fingerprint density at radius 3 is 2.36 bits per heavy atom. The van der Waals surface area contributed by atoms with Gasteiger partial charge in [-0.2, -0.15) is 0 Å². The summed E-state index contributed by atoms with van der Waals surface area (Å²) >= 11 is 0. The van der Waals surface area contributed by atoms with Gasteiger partial charge in [0.15, 0.2) is 11.5 Å². The zero-order valence-corrected chi connectivity index (χ0v) is 19.6. The third-order valence-corrected chi connectivity index (χ3v) is 7.10. The van der Waals surface area contributed by atoms with E-state index in [0.29, 0.717) is 30.2 Å². The van der Waals surface area contributed by atoms with E-state index < -0.39 is 5.60 Å². The summed E-state index contributed by atoms with van der Waals surface area (Å²) in [6.07, 6.45) is 7.74. The largest absolute Gasteiger partial charge is 0.493 e. The summed E-state index contributed by atoms with van der Waals surface area (Å²) in [7, 11) is 4.75. The number of hydrogen-bond donors (Lipinski definition) is 1.